The van der Waals surface area contributed by atoms with Crippen molar-refractivity contribution < 1.29 is 38.3 Å². The highest BCUT2D eigenvalue weighted by atomic mass is 16.6. The predicted molar refractivity (Wildman–Crippen MR) is 169 cm³/mol. The Labute approximate surface area is 271 Å². The molecule has 2 aromatic carbocycles. The van der Waals surface area contributed by atoms with Gasteiger partial charge in [-0.1, -0.05) is 12.1 Å². The van der Waals surface area contributed by atoms with E-state index in [1.807, 2.05) is 25.1 Å². The van der Waals surface area contributed by atoms with Crippen LogP contribution in [0.1, 0.15) is 87.3 Å². The van der Waals surface area contributed by atoms with Crippen molar-refractivity contribution in [3.05, 3.63) is 64.2 Å². The molecule has 0 saturated carbocycles. The Morgan fingerprint density at radius 2 is 1.83 bits per heavy atom. The molecule has 2 unspecified atom stereocenters. The van der Waals surface area contributed by atoms with Gasteiger partial charge in [-0.2, -0.15) is 0 Å². The number of rotatable bonds is 15. The monoisotopic (exact) mass is 646 g/mol. The van der Waals surface area contributed by atoms with Crippen LogP contribution in [0.2, 0.25) is 0 Å². The summed E-state index contributed by atoms with van der Waals surface area (Å²) in [6, 6.07) is 9.34. The van der Waals surface area contributed by atoms with Gasteiger partial charge in [0.2, 0.25) is 11.8 Å². The number of ether oxygens (including phenoxy) is 1. The lowest BCUT2D eigenvalue weighted by Gasteiger charge is -2.27. The number of carbonyl (C=O) groups is 6. The summed E-state index contributed by atoms with van der Waals surface area (Å²) < 4.78 is 5.60. The van der Waals surface area contributed by atoms with Crippen LogP contribution in [0.15, 0.2) is 41.6 Å². The second-order valence-corrected chi connectivity index (χ2v) is 11.7. The number of imide groups is 2. The van der Waals surface area contributed by atoms with E-state index in [4.69, 9.17) is 9.57 Å². The first kappa shape index (κ1) is 33.3. The maximum absolute atomic E-state index is 13.2. The molecule has 0 radical (unpaired) electrons. The van der Waals surface area contributed by atoms with Crippen LogP contribution in [0.4, 0.5) is 0 Å². The quantitative estimate of drug-likeness (QED) is 0.0961. The van der Waals surface area contributed by atoms with E-state index in [0.717, 1.165) is 23.3 Å². The number of fused-ring (bicyclic) bond motifs is 2. The molecular formula is C33H38N6O8. The SMILES string of the molecule is C=NOCC(C)N[C@@H]1CCc2ccc(C(=O)NCCCCNC(=O)COc3cccc4c3C(=O)N(C3CCC(=O)NC3=O)C4=O)cc21. The average Bonchev–Trinajstić information content (AvgIpc) is 3.57. The highest BCUT2D eigenvalue weighted by Crippen LogP contribution is 2.34. The first-order chi connectivity index (χ1) is 22.7. The van der Waals surface area contributed by atoms with Crippen LogP contribution in [0.3, 0.4) is 0 Å². The normalized spacial score (nSPS) is 19.0. The van der Waals surface area contributed by atoms with Gasteiger partial charge in [0, 0.05) is 43.9 Å². The number of piperidine rings is 1. The number of unbranched alkanes of at least 4 members (excludes halogenated alkanes) is 1. The van der Waals surface area contributed by atoms with Gasteiger partial charge in [-0.05, 0) is 74.4 Å². The maximum atomic E-state index is 13.2. The zero-order valence-electron chi connectivity index (χ0n) is 26.1. The molecule has 5 rings (SSSR count). The van der Waals surface area contributed by atoms with Crippen LogP contribution in [0, 0.1) is 0 Å². The molecule has 0 aromatic heterocycles. The summed E-state index contributed by atoms with van der Waals surface area (Å²) in [5, 5.41) is 14.8. The fourth-order valence-corrected chi connectivity index (χ4v) is 6.05. The molecule has 2 aromatic rings. The van der Waals surface area contributed by atoms with Crippen LogP contribution in [-0.2, 0) is 25.6 Å². The van der Waals surface area contributed by atoms with E-state index < -0.39 is 42.2 Å². The topological polar surface area (TPSA) is 185 Å². The lowest BCUT2D eigenvalue weighted by atomic mass is 10.0. The molecule has 248 valence electrons. The Morgan fingerprint density at radius 1 is 1.04 bits per heavy atom. The smallest absolute Gasteiger partial charge is 0.266 e. The fourth-order valence-electron chi connectivity index (χ4n) is 6.05. The molecular weight excluding hydrogens is 608 g/mol. The van der Waals surface area contributed by atoms with Crippen molar-refractivity contribution in [2.24, 2.45) is 5.16 Å². The molecule has 3 atom stereocenters. The van der Waals surface area contributed by atoms with Crippen molar-refractivity contribution in [1.29, 1.82) is 0 Å². The standard InChI is InChI=1S/C33H38N6O8/c1-19(17-47-34-2)37-24-11-10-20-8-9-21(16-23(20)24)30(42)36-15-4-3-14-35-28(41)18-46-26-7-5-6-22-29(26)33(45)39(32(22)44)25-12-13-27(40)38-31(25)43/h5-9,16,19,24-25,37H,2-4,10-15,17-18H2,1H3,(H,35,41)(H,36,42)(H,38,40,43)/t19?,24-,25?/m1/s1. The second kappa shape index (κ2) is 15.0. The Bertz CT molecular complexity index is 1590. The third-order valence-electron chi connectivity index (χ3n) is 8.39. The number of oxime groups is 1. The lowest BCUT2D eigenvalue weighted by molar-refractivity contribution is -0.136. The molecule has 4 N–H and O–H groups in total. The number of nitrogens with zero attached hydrogens (tertiary/aromatic N) is 2. The average molecular weight is 647 g/mol. The number of amides is 6. The van der Waals surface area contributed by atoms with Gasteiger partial charge in [-0.25, -0.2) is 0 Å². The van der Waals surface area contributed by atoms with Gasteiger partial charge in [-0.15, -0.1) is 5.16 Å². The summed E-state index contributed by atoms with van der Waals surface area (Å²) in [5.74, 6) is -3.07. The summed E-state index contributed by atoms with van der Waals surface area (Å²) in [7, 11) is 0. The first-order valence-electron chi connectivity index (χ1n) is 15.7. The van der Waals surface area contributed by atoms with Gasteiger partial charge >= 0.3 is 0 Å². The van der Waals surface area contributed by atoms with Crippen molar-refractivity contribution in [3.63, 3.8) is 0 Å². The minimum Gasteiger partial charge on any atom is -0.483 e. The van der Waals surface area contributed by atoms with Gasteiger partial charge in [-0.3, -0.25) is 39.0 Å². The van der Waals surface area contributed by atoms with E-state index in [1.54, 1.807) is 0 Å². The number of nitrogens with one attached hydrogen (secondary N) is 4. The molecule has 2 aliphatic heterocycles. The third-order valence-corrected chi connectivity index (χ3v) is 8.39. The molecule has 14 heteroatoms. The number of hydrogen-bond donors (Lipinski definition) is 4. The molecule has 0 bridgehead atoms. The lowest BCUT2D eigenvalue weighted by Crippen LogP contribution is -2.54. The minimum absolute atomic E-state index is 0.0124. The highest BCUT2D eigenvalue weighted by molar-refractivity contribution is 6.24. The fraction of sp³-hybridized carbons (Fsp3) is 0.424. The van der Waals surface area contributed by atoms with Gasteiger partial charge in [0.15, 0.2) is 6.61 Å². The van der Waals surface area contributed by atoms with E-state index in [2.05, 4.69) is 33.1 Å². The zero-order chi connectivity index (χ0) is 33.5. The summed E-state index contributed by atoms with van der Waals surface area (Å²) >= 11 is 0. The molecule has 0 spiro atoms. The maximum Gasteiger partial charge on any atom is 0.266 e. The molecule has 2 heterocycles. The molecule has 14 nitrogen and oxygen atoms in total. The van der Waals surface area contributed by atoms with Gasteiger partial charge in [0.05, 0.1) is 11.1 Å². The Kier molecular flexibility index (Phi) is 10.6. The molecule has 47 heavy (non-hydrogen) atoms. The summed E-state index contributed by atoms with van der Waals surface area (Å²) in [4.78, 5) is 81.1. The first-order valence-corrected chi connectivity index (χ1v) is 15.7. The highest BCUT2D eigenvalue weighted by Gasteiger charge is 2.46. The van der Waals surface area contributed by atoms with E-state index in [0.29, 0.717) is 38.1 Å². The summed E-state index contributed by atoms with van der Waals surface area (Å²) in [6.07, 6.45) is 3.17. The van der Waals surface area contributed by atoms with Crippen molar-refractivity contribution in [2.45, 2.75) is 63.6 Å². The Balaban J connectivity index is 1.03. The van der Waals surface area contributed by atoms with Gasteiger partial charge < -0.3 is 25.5 Å². The Morgan fingerprint density at radius 3 is 2.60 bits per heavy atom. The third kappa shape index (κ3) is 7.65. The van der Waals surface area contributed by atoms with E-state index in [1.165, 1.54) is 23.8 Å². The van der Waals surface area contributed by atoms with E-state index >= 15 is 0 Å². The Hall–Kier alpha value is -5.11. The van der Waals surface area contributed by atoms with Crippen LogP contribution < -0.4 is 26.0 Å². The van der Waals surface area contributed by atoms with E-state index in [-0.39, 0.29) is 47.7 Å². The van der Waals surface area contributed by atoms with Crippen molar-refractivity contribution in [3.8, 4) is 5.75 Å². The van der Waals surface area contributed by atoms with Crippen LogP contribution in [0.25, 0.3) is 0 Å². The number of benzene rings is 2. The minimum atomic E-state index is -1.10. The molecule has 1 saturated heterocycles. The van der Waals surface area contributed by atoms with E-state index in [9.17, 15) is 28.8 Å². The van der Waals surface area contributed by atoms with Crippen molar-refractivity contribution in [1.82, 2.24) is 26.2 Å². The summed E-state index contributed by atoms with van der Waals surface area (Å²) in [6.45, 7) is 6.14. The molecule has 6 amide bonds. The predicted octanol–water partition coefficient (Wildman–Crippen LogP) is 1.39. The molecule has 3 aliphatic rings. The van der Waals surface area contributed by atoms with Crippen molar-refractivity contribution >= 4 is 42.2 Å². The number of carbonyl (C=O) groups excluding carboxylic acids is 6. The molecule has 1 fully saturated rings. The van der Waals surface area contributed by atoms with Crippen LogP contribution >= 0.6 is 0 Å². The van der Waals surface area contributed by atoms with Crippen molar-refractivity contribution in [2.75, 3.05) is 26.3 Å². The van der Waals surface area contributed by atoms with Gasteiger partial charge in [0.1, 0.15) is 18.4 Å². The van der Waals surface area contributed by atoms with Crippen LogP contribution in [0.5, 0.6) is 5.75 Å². The zero-order valence-corrected chi connectivity index (χ0v) is 26.1. The summed E-state index contributed by atoms with van der Waals surface area (Å²) in [5.41, 5.74) is 2.97. The van der Waals surface area contributed by atoms with Gasteiger partial charge in [0.25, 0.3) is 23.6 Å². The second-order valence-electron chi connectivity index (χ2n) is 11.7. The largest absolute Gasteiger partial charge is 0.483 e. The number of aryl methyl sites for hydroxylation is 1. The molecule has 1 aliphatic carbocycles. The number of hydrogen-bond acceptors (Lipinski definition) is 10. The van der Waals surface area contributed by atoms with Crippen LogP contribution in [-0.4, -0.2) is 85.4 Å².